The van der Waals surface area contributed by atoms with Gasteiger partial charge in [0.1, 0.15) is 0 Å². The van der Waals surface area contributed by atoms with Gasteiger partial charge in [-0.3, -0.25) is 9.59 Å². The summed E-state index contributed by atoms with van der Waals surface area (Å²) in [6.45, 7) is 1.35. The Morgan fingerprint density at radius 1 is 1.08 bits per heavy atom. The average Bonchev–Trinajstić information content (AvgIpc) is 2.58. The van der Waals surface area contributed by atoms with Crippen molar-refractivity contribution in [3.8, 4) is 0 Å². The van der Waals surface area contributed by atoms with E-state index in [-0.39, 0.29) is 5.69 Å². The number of halogens is 2. The molecule has 2 aromatic carbocycles. The summed E-state index contributed by atoms with van der Waals surface area (Å²) >= 11 is 0. The van der Waals surface area contributed by atoms with Gasteiger partial charge in [0.25, 0.3) is 5.91 Å². The predicted molar refractivity (Wildman–Crippen MR) is 85.4 cm³/mol. The summed E-state index contributed by atoms with van der Waals surface area (Å²) in [5, 5.41) is 2.34. The van der Waals surface area contributed by atoms with Crippen molar-refractivity contribution >= 4 is 17.6 Å². The van der Waals surface area contributed by atoms with E-state index in [0.717, 1.165) is 17.7 Å². The number of anilines is 1. The molecule has 2 aromatic rings. The lowest BCUT2D eigenvalue weighted by Crippen LogP contribution is -2.24. The van der Waals surface area contributed by atoms with E-state index in [0.29, 0.717) is 6.42 Å². The van der Waals surface area contributed by atoms with Crippen LogP contribution in [0, 0.1) is 11.6 Å². The van der Waals surface area contributed by atoms with E-state index in [2.05, 4.69) is 5.32 Å². The van der Waals surface area contributed by atoms with Crippen LogP contribution in [0.25, 0.3) is 0 Å². The number of esters is 1. The van der Waals surface area contributed by atoms with Crippen LogP contribution in [0.5, 0.6) is 0 Å². The summed E-state index contributed by atoms with van der Waals surface area (Å²) in [5.74, 6) is -3.67. The Bertz CT molecular complexity index is 719. The molecule has 0 aliphatic heterocycles. The smallest absolute Gasteiger partial charge is 0.313 e. The highest BCUT2D eigenvalue weighted by Gasteiger charge is 2.21. The number of benzene rings is 2. The van der Waals surface area contributed by atoms with Crippen molar-refractivity contribution in [1.29, 1.82) is 0 Å². The van der Waals surface area contributed by atoms with Crippen LogP contribution < -0.4 is 5.32 Å². The van der Waals surface area contributed by atoms with Crippen molar-refractivity contribution in [3.63, 3.8) is 0 Å². The molecule has 24 heavy (non-hydrogen) atoms. The largest absolute Gasteiger partial charge is 0.455 e. The molecule has 0 saturated carbocycles. The molecular formula is C18H17F2NO3. The van der Waals surface area contributed by atoms with Crippen molar-refractivity contribution in [2.24, 2.45) is 0 Å². The molecule has 1 amide bonds. The predicted octanol–water partition coefficient (Wildman–Crippen LogP) is 3.64. The second-order valence-electron chi connectivity index (χ2n) is 5.16. The molecule has 1 atom stereocenters. The second-order valence-corrected chi connectivity index (χ2v) is 5.16. The Balaban J connectivity index is 1.90. The topological polar surface area (TPSA) is 55.4 Å². The summed E-state index contributed by atoms with van der Waals surface area (Å²) in [7, 11) is 0. The van der Waals surface area contributed by atoms with Gasteiger partial charge < -0.3 is 10.1 Å². The van der Waals surface area contributed by atoms with E-state index in [1.807, 2.05) is 37.3 Å². The Morgan fingerprint density at radius 3 is 2.42 bits per heavy atom. The first-order valence-electron chi connectivity index (χ1n) is 7.47. The zero-order valence-corrected chi connectivity index (χ0v) is 13.1. The molecule has 0 saturated heterocycles. The van der Waals surface area contributed by atoms with Crippen LogP contribution in [-0.2, 0) is 14.3 Å². The third-order valence-electron chi connectivity index (χ3n) is 3.44. The van der Waals surface area contributed by atoms with Gasteiger partial charge in [-0.2, -0.15) is 0 Å². The molecule has 6 heteroatoms. The minimum atomic E-state index is -1.07. The summed E-state index contributed by atoms with van der Waals surface area (Å²) in [4.78, 5) is 23.9. The lowest BCUT2D eigenvalue weighted by molar-refractivity contribution is -0.149. The monoisotopic (exact) mass is 333 g/mol. The highest BCUT2D eigenvalue weighted by Crippen LogP contribution is 2.20. The molecule has 0 aliphatic carbocycles. The molecule has 126 valence electrons. The van der Waals surface area contributed by atoms with Gasteiger partial charge in [0.05, 0.1) is 5.92 Å². The first-order chi connectivity index (χ1) is 11.5. The molecule has 4 nitrogen and oxygen atoms in total. The standard InChI is InChI=1S/C18H17F2NO3/c1-2-14(12-6-4-3-5-7-12)18(23)24-11-17(22)21-13-8-9-15(19)16(20)10-13/h3-10,14H,2,11H2,1H3,(H,21,22)/t14-/m0/s1. The van der Waals surface area contributed by atoms with Crippen molar-refractivity contribution in [1.82, 2.24) is 0 Å². The van der Waals surface area contributed by atoms with Crippen LogP contribution in [-0.4, -0.2) is 18.5 Å². The normalized spacial score (nSPS) is 11.6. The molecule has 0 spiro atoms. The summed E-state index contributed by atoms with van der Waals surface area (Å²) in [5.41, 5.74) is 0.899. The highest BCUT2D eigenvalue weighted by molar-refractivity contribution is 5.93. The first kappa shape index (κ1) is 17.6. The van der Waals surface area contributed by atoms with Crippen LogP contribution in [0.4, 0.5) is 14.5 Å². The lowest BCUT2D eigenvalue weighted by atomic mass is 9.97. The maximum Gasteiger partial charge on any atom is 0.313 e. The van der Waals surface area contributed by atoms with Crippen LogP contribution in [0.3, 0.4) is 0 Å². The van der Waals surface area contributed by atoms with Crippen molar-refractivity contribution < 1.29 is 23.1 Å². The third kappa shape index (κ3) is 4.62. The number of carbonyl (C=O) groups is 2. The van der Waals surface area contributed by atoms with Gasteiger partial charge in [-0.05, 0) is 24.1 Å². The van der Waals surface area contributed by atoms with Crippen LogP contribution in [0.15, 0.2) is 48.5 Å². The molecular weight excluding hydrogens is 316 g/mol. The van der Waals surface area contributed by atoms with Gasteiger partial charge in [-0.15, -0.1) is 0 Å². The molecule has 0 bridgehead atoms. The Hall–Kier alpha value is -2.76. The Morgan fingerprint density at radius 2 is 1.79 bits per heavy atom. The molecule has 0 aliphatic rings. The number of hydrogen-bond donors (Lipinski definition) is 1. The Kier molecular flexibility index (Phi) is 6.01. The van der Waals surface area contributed by atoms with Gasteiger partial charge in [0.2, 0.25) is 0 Å². The molecule has 0 heterocycles. The molecule has 2 rings (SSSR count). The van der Waals surface area contributed by atoms with Gasteiger partial charge in [-0.1, -0.05) is 37.3 Å². The van der Waals surface area contributed by atoms with Crippen molar-refractivity contribution in [2.45, 2.75) is 19.3 Å². The summed E-state index contributed by atoms with van der Waals surface area (Å²) < 4.78 is 30.9. The van der Waals surface area contributed by atoms with Gasteiger partial charge in [-0.25, -0.2) is 8.78 Å². The second kappa shape index (κ2) is 8.19. The lowest BCUT2D eigenvalue weighted by Gasteiger charge is -2.14. The highest BCUT2D eigenvalue weighted by atomic mass is 19.2. The fraction of sp³-hybridized carbons (Fsp3) is 0.222. The maximum atomic E-state index is 13.1. The van der Waals surface area contributed by atoms with Crippen molar-refractivity contribution in [3.05, 3.63) is 65.7 Å². The average molecular weight is 333 g/mol. The molecule has 0 fully saturated rings. The molecule has 1 N–H and O–H groups in total. The maximum absolute atomic E-state index is 13.1. The van der Waals surface area contributed by atoms with Gasteiger partial charge >= 0.3 is 5.97 Å². The SMILES string of the molecule is CC[C@H](C(=O)OCC(=O)Nc1ccc(F)c(F)c1)c1ccccc1. The van der Waals surface area contributed by atoms with Crippen LogP contribution >= 0.6 is 0 Å². The minimum absolute atomic E-state index is 0.0880. The number of carbonyl (C=O) groups excluding carboxylic acids is 2. The van der Waals surface area contributed by atoms with E-state index in [9.17, 15) is 18.4 Å². The fourth-order valence-corrected chi connectivity index (χ4v) is 2.23. The zero-order chi connectivity index (χ0) is 17.5. The van der Waals surface area contributed by atoms with Crippen LogP contribution in [0.2, 0.25) is 0 Å². The third-order valence-corrected chi connectivity index (χ3v) is 3.44. The van der Waals surface area contributed by atoms with E-state index in [4.69, 9.17) is 4.74 Å². The number of rotatable bonds is 6. The quantitative estimate of drug-likeness (QED) is 0.821. The van der Waals surface area contributed by atoms with E-state index in [1.54, 1.807) is 0 Å². The number of amides is 1. The van der Waals surface area contributed by atoms with Crippen molar-refractivity contribution in [2.75, 3.05) is 11.9 Å². The summed E-state index contributed by atoms with van der Waals surface area (Å²) in [6.07, 6.45) is 0.535. The van der Waals surface area contributed by atoms with E-state index in [1.165, 1.54) is 6.07 Å². The zero-order valence-electron chi connectivity index (χ0n) is 13.1. The molecule has 0 radical (unpaired) electrons. The minimum Gasteiger partial charge on any atom is -0.455 e. The summed E-state index contributed by atoms with van der Waals surface area (Å²) in [6, 6.07) is 12.1. The Labute approximate surface area is 138 Å². The van der Waals surface area contributed by atoms with E-state index < -0.39 is 36.0 Å². The number of hydrogen-bond acceptors (Lipinski definition) is 3. The first-order valence-corrected chi connectivity index (χ1v) is 7.47. The fourth-order valence-electron chi connectivity index (χ4n) is 2.23. The van der Waals surface area contributed by atoms with Gasteiger partial charge in [0.15, 0.2) is 18.2 Å². The van der Waals surface area contributed by atoms with E-state index >= 15 is 0 Å². The number of nitrogens with one attached hydrogen (secondary N) is 1. The molecule has 0 unspecified atom stereocenters. The molecule has 0 aromatic heterocycles. The number of ether oxygens (including phenoxy) is 1. The van der Waals surface area contributed by atoms with Gasteiger partial charge in [0, 0.05) is 11.8 Å². The van der Waals surface area contributed by atoms with Crippen LogP contribution in [0.1, 0.15) is 24.8 Å².